The Morgan fingerprint density at radius 3 is 2.57 bits per heavy atom. The Morgan fingerprint density at radius 1 is 1.20 bits per heavy atom. The highest BCUT2D eigenvalue weighted by atomic mass is 32.2. The number of hydrogen-bond donors (Lipinski definition) is 1. The minimum Gasteiger partial charge on any atom is -0.490 e. The summed E-state index contributed by atoms with van der Waals surface area (Å²) < 4.78 is 47.6. The molecule has 1 amide bonds. The number of aryl methyl sites for hydroxylation is 1. The van der Waals surface area contributed by atoms with Crippen molar-refractivity contribution in [3.05, 3.63) is 47.8 Å². The van der Waals surface area contributed by atoms with Crippen LogP contribution in [0.3, 0.4) is 0 Å². The van der Waals surface area contributed by atoms with Gasteiger partial charge in [0.25, 0.3) is 10.0 Å². The molecule has 2 aromatic carbocycles. The molecule has 0 aromatic heterocycles. The number of nitrogens with zero attached hydrogens (tertiary/aromatic N) is 1. The summed E-state index contributed by atoms with van der Waals surface area (Å²) in [5, 5.41) is 0. The lowest BCUT2D eigenvalue weighted by atomic mass is 9.92. The summed E-state index contributed by atoms with van der Waals surface area (Å²) in [4.78, 5) is 14.6. The number of fused-ring (bicyclic) bond motifs is 1. The molecule has 1 heterocycles. The van der Waals surface area contributed by atoms with Gasteiger partial charge in [-0.2, -0.15) is 0 Å². The van der Waals surface area contributed by atoms with Crippen molar-refractivity contribution in [3.63, 3.8) is 0 Å². The Labute approximate surface area is 177 Å². The minimum absolute atomic E-state index is 0.0429. The van der Waals surface area contributed by atoms with Crippen LogP contribution in [0.5, 0.6) is 5.75 Å². The highest BCUT2D eigenvalue weighted by molar-refractivity contribution is 7.92. The van der Waals surface area contributed by atoms with E-state index in [-0.39, 0.29) is 29.0 Å². The predicted molar refractivity (Wildman–Crippen MR) is 115 cm³/mol. The van der Waals surface area contributed by atoms with Gasteiger partial charge in [0.05, 0.1) is 21.7 Å². The van der Waals surface area contributed by atoms with Crippen molar-refractivity contribution in [1.82, 2.24) is 0 Å². The normalized spacial score (nSPS) is 16.1. The molecule has 1 N–H and O–H groups in total. The van der Waals surface area contributed by atoms with Crippen LogP contribution < -0.4 is 14.4 Å². The van der Waals surface area contributed by atoms with E-state index in [1.54, 1.807) is 30.0 Å². The molecule has 30 heavy (non-hydrogen) atoms. The number of nitrogens with one attached hydrogen (secondary N) is 1. The van der Waals surface area contributed by atoms with Gasteiger partial charge >= 0.3 is 0 Å². The molecule has 3 rings (SSSR count). The van der Waals surface area contributed by atoms with E-state index in [1.807, 2.05) is 27.7 Å². The zero-order valence-corrected chi connectivity index (χ0v) is 18.6. The largest absolute Gasteiger partial charge is 0.490 e. The van der Waals surface area contributed by atoms with Gasteiger partial charge in [-0.05, 0) is 56.5 Å². The van der Waals surface area contributed by atoms with Gasteiger partial charge in [-0.15, -0.1) is 0 Å². The highest BCUT2D eigenvalue weighted by Gasteiger charge is 2.38. The van der Waals surface area contributed by atoms with Crippen LogP contribution >= 0.6 is 0 Å². The van der Waals surface area contributed by atoms with E-state index in [4.69, 9.17) is 4.74 Å². The monoisotopic (exact) mass is 434 g/mol. The molecule has 0 unspecified atom stereocenters. The summed E-state index contributed by atoms with van der Waals surface area (Å²) in [5.41, 5.74) is 0.593. The molecule has 0 spiro atoms. The first-order valence-corrected chi connectivity index (χ1v) is 11.3. The number of rotatable bonds is 5. The zero-order chi connectivity index (χ0) is 22.3. The van der Waals surface area contributed by atoms with Gasteiger partial charge in [0.15, 0.2) is 0 Å². The molecule has 0 bridgehead atoms. The van der Waals surface area contributed by atoms with Crippen LogP contribution in [0.2, 0.25) is 0 Å². The summed E-state index contributed by atoms with van der Waals surface area (Å²) >= 11 is 0. The molecule has 0 atom stereocenters. The van der Waals surface area contributed by atoms with Crippen LogP contribution in [0.15, 0.2) is 41.3 Å². The van der Waals surface area contributed by atoms with Crippen LogP contribution in [0, 0.1) is 24.1 Å². The number of halogens is 1. The van der Waals surface area contributed by atoms with Gasteiger partial charge in [0, 0.05) is 12.6 Å². The summed E-state index contributed by atoms with van der Waals surface area (Å²) in [7, 11) is -3.99. The van der Waals surface area contributed by atoms with Gasteiger partial charge in [-0.3, -0.25) is 9.52 Å². The van der Waals surface area contributed by atoms with E-state index >= 15 is 0 Å². The predicted octanol–water partition coefficient (Wildman–Crippen LogP) is 4.34. The topological polar surface area (TPSA) is 75.7 Å². The van der Waals surface area contributed by atoms with Crippen molar-refractivity contribution in [2.45, 2.75) is 39.5 Å². The highest BCUT2D eigenvalue weighted by Crippen LogP contribution is 2.39. The first-order valence-electron chi connectivity index (χ1n) is 9.78. The second-order valence-corrected chi connectivity index (χ2v) is 10.3. The van der Waals surface area contributed by atoms with Gasteiger partial charge in [-0.25, -0.2) is 12.8 Å². The van der Waals surface area contributed by atoms with Gasteiger partial charge in [-0.1, -0.05) is 19.9 Å². The average Bonchev–Trinajstić information content (AvgIpc) is 2.73. The van der Waals surface area contributed by atoms with E-state index < -0.39 is 21.3 Å². The standard InChI is InChI=1S/C22H27FN2O4S/c1-14(2)12-25-18-9-8-17(11-19(18)29-13-22(4,5)21(25)26)24-30(27,28)20-10-16(23)7-6-15(20)3/h6-11,14,24H,12-13H2,1-5H3. The molecule has 6 nitrogen and oxygen atoms in total. The molecule has 0 saturated carbocycles. The Balaban J connectivity index is 1.98. The number of anilines is 2. The lowest BCUT2D eigenvalue weighted by Crippen LogP contribution is -2.43. The first kappa shape index (κ1) is 22.1. The molecule has 0 radical (unpaired) electrons. The van der Waals surface area contributed by atoms with E-state index in [0.717, 1.165) is 6.07 Å². The molecular formula is C22H27FN2O4S. The van der Waals surface area contributed by atoms with Crippen LogP contribution in [0.25, 0.3) is 0 Å². The van der Waals surface area contributed by atoms with Crippen molar-refractivity contribution in [1.29, 1.82) is 0 Å². The molecular weight excluding hydrogens is 407 g/mol. The van der Waals surface area contributed by atoms with E-state index in [9.17, 15) is 17.6 Å². The molecule has 0 fully saturated rings. The molecule has 0 saturated heterocycles. The first-order chi connectivity index (χ1) is 13.9. The maximum atomic E-state index is 13.6. The van der Waals surface area contributed by atoms with Crippen molar-refractivity contribution in [2.75, 3.05) is 22.8 Å². The zero-order valence-electron chi connectivity index (χ0n) is 17.8. The van der Waals surface area contributed by atoms with Gasteiger partial charge in [0.1, 0.15) is 18.2 Å². The summed E-state index contributed by atoms with van der Waals surface area (Å²) in [6, 6.07) is 8.43. The minimum atomic E-state index is -3.99. The Bertz CT molecular complexity index is 1080. The van der Waals surface area contributed by atoms with Crippen molar-refractivity contribution < 1.29 is 22.3 Å². The number of carbonyl (C=O) groups excluding carboxylic acids is 1. The van der Waals surface area contributed by atoms with Crippen molar-refractivity contribution >= 4 is 27.3 Å². The van der Waals surface area contributed by atoms with E-state index in [1.165, 1.54) is 12.1 Å². The third-order valence-electron chi connectivity index (χ3n) is 4.90. The maximum absolute atomic E-state index is 13.6. The van der Waals surface area contributed by atoms with Crippen LogP contribution in [-0.4, -0.2) is 27.5 Å². The number of amides is 1. The summed E-state index contributed by atoms with van der Waals surface area (Å²) in [6.45, 7) is 9.99. The lowest BCUT2D eigenvalue weighted by molar-refractivity contribution is -0.127. The lowest BCUT2D eigenvalue weighted by Gasteiger charge is -2.29. The number of benzene rings is 2. The fourth-order valence-corrected chi connectivity index (χ4v) is 4.64. The number of hydrogen-bond acceptors (Lipinski definition) is 4. The summed E-state index contributed by atoms with van der Waals surface area (Å²) in [6.07, 6.45) is 0. The van der Waals surface area contributed by atoms with Crippen LogP contribution in [0.1, 0.15) is 33.3 Å². The maximum Gasteiger partial charge on any atom is 0.262 e. The molecule has 8 heteroatoms. The average molecular weight is 435 g/mol. The Kier molecular flexibility index (Phi) is 5.82. The molecule has 0 aliphatic carbocycles. The second-order valence-electron chi connectivity index (χ2n) is 8.68. The summed E-state index contributed by atoms with van der Waals surface area (Å²) in [5.74, 6) is -0.00875. The smallest absolute Gasteiger partial charge is 0.262 e. The number of sulfonamides is 1. The Hall–Kier alpha value is -2.61. The number of carbonyl (C=O) groups is 1. The SMILES string of the molecule is Cc1ccc(F)cc1S(=O)(=O)Nc1ccc2c(c1)OCC(C)(C)C(=O)N2CC(C)C. The molecule has 162 valence electrons. The van der Waals surface area contributed by atoms with Crippen molar-refractivity contribution in [3.8, 4) is 5.75 Å². The van der Waals surface area contributed by atoms with Gasteiger partial charge < -0.3 is 9.64 Å². The number of ether oxygens (including phenoxy) is 1. The quantitative estimate of drug-likeness (QED) is 0.759. The van der Waals surface area contributed by atoms with E-state index in [2.05, 4.69) is 4.72 Å². The third-order valence-corrected chi connectivity index (χ3v) is 6.43. The third kappa shape index (κ3) is 4.43. The molecule has 1 aliphatic rings. The fraction of sp³-hybridized carbons (Fsp3) is 0.409. The molecule has 2 aromatic rings. The molecule has 1 aliphatic heterocycles. The second kappa shape index (κ2) is 7.91. The van der Waals surface area contributed by atoms with Crippen LogP contribution in [0.4, 0.5) is 15.8 Å². The van der Waals surface area contributed by atoms with E-state index in [0.29, 0.717) is 23.5 Å². The van der Waals surface area contributed by atoms with Gasteiger partial charge in [0.2, 0.25) is 5.91 Å². The fourth-order valence-electron chi connectivity index (χ4n) is 3.33. The van der Waals surface area contributed by atoms with Crippen molar-refractivity contribution in [2.24, 2.45) is 11.3 Å². The Morgan fingerprint density at radius 2 is 1.90 bits per heavy atom. The van der Waals surface area contributed by atoms with Crippen LogP contribution in [-0.2, 0) is 14.8 Å².